The fourth-order valence-electron chi connectivity index (χ4n) is 4.02. The van der Waals surface area contributed by atoms with Crippen molar-refractivity contribution in [2.75, 3.05) is 31.6 Å². The van der Waals surface area contributed by atoms with Gasteiger partial charge in [-0.25, -0.2) is 4.79 Å². The number of ether oxygens (including phenoxy) is 1. The minimum Gasteiger partial charge on any atom is -0.510 e. The van der Waals surface area contributed by atoms with E-state index in [9.17, 15) is 24.8 Å². The Morgan fingerprint density at radius 2 is 1.84 bits per heavy atom. The van der Waals surface area contributed by atoms with Crippen LogP contribution in [0.3, 0.4) is 0 Å². The van der Waals surface area contributed by atoms with Gasteiger partial charge in [0.1, 0.15) is 18.8 Å². The van der Waals surface area contributed by atoms with Crippen LogP contribution in [0, 0.1) is 10.1 Å². The van der Waals surface area contributed by atoms with Gasteiger partial charge in [0.2, 0.25) is 5.91 Å². The van der Waals surface area contributed by atoms with E-state index >= 15 is 0 Å². The highest BCUT2D eigenvalue weighted by Crippen LogP contribution is 2.35. The first kappa shape index (κ1) is 25.7. The number of quaternary nitrogens is 1. The topological polar surface area (TPSA) is 110 Å². The summed E-state index contributed by atoms with van der Waals surface area (Å²) in [5.41, 5.74) is 0.413. The van der Waals surface area contributed by atoms with Crippen LogP contribution in [-0.2, 0) is 20.9 Å². The first-order valence-corrected chi connectivity index (χ1v) is 12.1. The zero-order valence-corrected chi connectivity index (χ0v) is 19.9. The van der Waals surface area contributed by atoms with Gasteiger partial charge in [-0.2, -0.15) is 11.8 Å². The molecular weight excluding hydrogens is 434 g/mol. The molecule has 1 atom stereocenters. The molecule has 1 aliphatic heterocycles. The summed E-state index contributed by atoms with van der Waals surface area (Å²) in [5, 5.41) is 21.6. The smallest absolute Gasteiger partial charge is 0.359 e. The molecule has 1 aliphatic rings. The molecule has 0 aromatic heterocycles. The molecule has 1 aromatic carbocycles. The molecule has 32 heavy (non-hydrogen) atoms. The largest absolute Gasteiger partial charge is 0.510 e. The van der Waals surface area contributed by atoms with Gasteiger partial charge in [-0.05, 0) is 44.7 Å². The van der Waals surface area contributed by atoms with Crippen LogP contribution < -0.4 is 0 Å². The van der Waals surface area contributed by atoms with Crippen LogP contribution in [0.1, 0.15) is 39.2 Å². The maximum absolute atomic E-state index is 13.1. The number of nitro groups is 1. The monoisotopic (exact) mass is 466 g/mol. The number of non-ortho nitro benzene ring substituents is 1. The highest BCUT2D eigenvalue weighted by molar-refractivity contribution is 7.98. The third kappa shape index (κ3) is 5.42. The number of likely N-dealkylation sites (tertiary alicyclic amines) is 1. The van der Waals surface area contributed by atoms with Crippen molar-refractivity contribution in [3.63, 3.8) is 0 Å². The summed E-state index contributed by atoms with van der Waals surface area (Å²) in [5.74, 6) is -0.563. The molecule has 1 heterocycles. The Morgan fingerprint density at radius 3 is 2.31 bits per heavy atom. The van der Waals surface area contributed by atoms with Gasteiger partial charge in [-0.3, -0.25) is 19.8 Å². The Morgan fingerprint density at radius 1 is 1.25 bits per heavy atom. The van der Waals surface area contributed by atoms with Crippen molar-refractivity contribution in [3.05, 3.63) is 51.4 Å². The molecule has 0 spiro atoms. The van der Waals surface area contributed by atoms with Gasteiger partial charge in [0, 0.05) is 24.3 Å². The predicted octanol–water partition coefficient (Wildman–Crippen LogP) is 3.60. The second kappa shape index (κ2) is 11.3. The van der Waals surface area contributed by atoms with Gasteiger partial charge in [0.15, 0.2) is 11.9 Å². The molecule has 10 heteroatoms. The van der Waals surface area contributed by atoms with Crippen molar-refractivity contribution < 1.29 is 28.8 Å². The molecule has 1 amide bonds. The lowest BCUT2D eigenvalue weighted by atomic mass is 10.0. The lowest BCUT2D eigenvalue weighted by Crippen LogP contribution is -2.70. The van der Waals surface area contributed by atoms with Gasteiger partial charge in [-0.1, -0.05) is 0 Å². The van der Waals surface area contributed by atoms with Crippen molar-refractivity contribution in [2.45, 2.75) is 46.4 Å². The first-order valence-electron chi connectivity index (χ1n) is 10.7. The standard InChI is InChI=1S/C22H31N3O6S/c1-5-25(6-2,7-3)19-14-20(27)23(19)21(18(26)12-13-32-4)22(28)31-15-16-8-10-17(11-9-16)24(29)30/h8-11,19H,5-7,12-15H2,1-4H3/p+1. The summed E-state index contributed by atoms with van der Waals surface area (Å²) in [4.78, 5) is 37.4. The number of benzene rings is 1. The number of aliphatic hydroxyl groups excluding tert-OH is 1. The summed E-state index contributed by atoms with van der Waals surface area (Å²) in [7, 11) is 0. The Bertz CT molecular complexity index is 859. The van der Waals surface area contributed by atoms with Crippen molar-refractivity contribution in [2.24, 2.45) is 0 Å². The Hall–Kier alpha value is -2.59. The van der Waals surface area contributed by atoms with Crippen LogP contribution in [-0.4, -0.2) is 69.1 Å². The van der Waals surface area contributed by atoms with E-state index in [0.717, 1.165) is 19.6 Å². The van der Waals surface area contributed by atoms with E-state index in [2.05, 4.69) is 20.8 Å². The molecule has 0 bridgehead atoms. The molecule has 1 saturated heterocycles. The molecule has 1 fully saturated rings. The maximum Gasteiger partial charge on any atom is 0.359 e. The maximum atomic E-state index is 13.1. The lowest BCUT2D eigenvalue weighted by molar-refractivity contribution is -0.958. The number of hydrogen-bond acceptors (Lipinski definition) is 7. The van der Waals surface area contributed by atoms with Crippen LogP contribution in [0.25, 0.3) is 0 Å². The predicted molar refractivity (Wildman–Crippen MR) is 123 cm³/mol. The second-order valence-electron chi connectivity index (χ2n) is 7.65. The van der Waals surface area contributed by atoms with E-state index in [4.69, 9.17) is 4.74 Å². The summed E-state index contributed by atoms with van der Waals surface area (Å²) < 4.78 is 6.05. The van der Waals surface area contributed by atoms with E-state index in [-0.39, 0.29) is 42.2 Å². The molecule has 0 saturated carbocycles. The molecular formula is C22H32N3O6S+. The van der Waals surface area contributed by atoms with Crippen LogP contribution in [0.4, 0.5) is 5.69 Å². The van der Waals surface area contributed by atoms with Crippen LogP contribution in [0.5, 0.6) is 0 Å². The zero-order chi connectivity index (χ0) is 23.9. The Kier molecular flexibility index (Phi) is 9.09. The first-order chi connectivity index (χ1) is 15.2. The van der Waals surface area contributed by atoms with Crippen molar-refractivity contribution in [1.82, 2.24) is 4.90 Å². The minimum atomic E-state index is -0.776. The van der Waals surface area contributed by atoms with E-state index in [1.165, 1.54) is 40.9 Å². The molecule has 176 valence electrons. The summed E-state index contributed by atoms with van der Waals surface area (Å²) in [6.07, 6.45) is 2.21. The number of amides is 1. The summed E-state index contributed by atoms with van der Waals surface area (Å²) in [6.45, 7) is 8.40. The summed E-state index contributed by atoms with van der Waals surface area (Å²) >= 11 is 1.52. The molecule has 9 nitrogen and oxygen atoms in total. The van der Waals surface area contributed by atoms with Crippen LogP contribution in [0.15, 0.2) is 35.7 Å². The third-order valence-electron chi connectivity index (χ3n) is 6.21. The normalized spacial score (nSPS) is 16.9. The van der Waals surface area contributed by atoms with Gasteiger partial charge in [-0.15, -0.1) is 0 Å². The third-order valence-corrected chi connectivity index (χ3v) is 6.83. The molecule has 0 radical (unpaired) electrons. The minimum absolute atomic E-state index is 0.0582. The van der Waals surface area contributed by atoms with E-state index in [1.807, 2.05) is 6.26 Å². The average Bonchev–Trinajstić information content (AvgIpc) is 2.80. The Labute approximate surface area is 192 Å². The number of carbonyl (C=O) groups excluding carboxylic acids is 2. The van der Waals surface area contributed by atoms with Gasteiger partial charge >= 0.3 is 5.97 Å². The van der Waals surface area contributed by atoms with Crippen molar-refractivity contribution >= 4 is 29.3 Å². The number of hydrogen-bond donors (Lipinski definition) is 1. The molecule has 2 rings (SSSR count). The summed E-state index contributed by atoms with van der Waals surface area (Å²) in [6, 6.07) is 5.68. The van der Waals surface area contributed by atoms with Gasteiger partial charge < -0.3 is 14.3 Å². The lowest BCUT2D eigenvalue weighted by Gasteiger charge is -2.52. The van der Waals surface area contributed by atoms with E-state index in [0.29, 0.717) is 22.2 Å². The number of β-lactam (4-membered cyclic amide) rings is 1. The molecule has 0 aliphatic carbocycles. The van der Waals surface area contributed by atoms with Gasteiger partial charge in [0.05, 0.1) is 24.6 Å². The molecule has 1 unspecified atom stereocenters. The fourth-order valence-corrected chi connectivity index (χ4v) is 4.42. The number of thioether (sulfide) groups is 1. The van der Waals surface area contributed by atoms with Crippen molar-refractivity contribution in [3.8, 4) is 0 Å². The van der Waals surface area contributed by atoms with Crippen LogP contribution in [0.2, 0.25) is 0 Å². The number of nitrogens with zero attached hydrogens (tertiary/aromatic N) is 3. The number of nitro benzene ring substituents is 1. The quantitative estimate of drug-likeness (QED) is 0.0953. The number of esters is 1. The SMILES string of the molecule is CC[N+](CC)(CC)C1CC(=O)N1/C(C(=O)OCc1ccc([N+](=O)[O-])cc1)=C(/O)CCSC. The molecule has 1 N–H and O–H groups in total. The van der Waals surface area contributed by atoms with Gasteiger partial charge in [0.25, 0.3) is 5.69 Å². The average molecular weight is 467 g/mol. The fraction of sp³-hybridized carbons (Fsp3) is 0.545. The van der Waals surface area contributed by atoms with Crippen LogP contribution >= 0.6 is 11.8 Å². The molecule has 1 aromatic rings. The highest BCUT2D eigenvalue weighted by Gasteiger charge is 2.52. The second-order valence-corrected chi connectivity index (χ2v) is 8.64. The number of allylic oxidation sites excluding steroid dienone is 1. The number of carbonyl (C=O) groups is 2. The van der Waals surface area contributed by atoms with E-state index in [1.54, 1.807) is 0 Å². The Balaban J connectivity index is 2.29. The van der Waals surface area contributed by atoms with Crippen molar-refractivity contribution in [1.29, 1.82) is 0 Å². The highest BCUT2D eigenvalue weighted by atomic mass is 32.2. The number of aliphatic hydroxyl groups is 1. The van der Waals surface area contributed by atoms with E-state index < -0.39 is 10.9 Å². The zero-order valence-electron chi connectivity index (χ0n) is 19.1. The number of rotatable bonds is 12.